The van der Waals surface area contributed by atoms with E-state index in [0.717, 1.165) is 0 Å². The number of benzene rings is 1. The van der Waals surface area contributed by atoms with Gasteiger partial charge in [-0.25, -0.2) is 9.78 Å². The molecule has 0 amide bonds. The molecule has 2 aromatic rings. The summed E-state index contributed by atoms with van der Waals surface area (Å²) in [5.74, 6) is -0.193. The Morgan fingerprint density at radius 2 is 2.25 bits per heavy atom. The van der Waals surface area contributed by atoms with Crippen LogP contribution in [0.4, 0.5) is 17.2 Å². The predicted molar refractivity (Wildman–Crippen MR) is 96.0 cm³/mol. The van der Waals surface area contributed by atoms with Crippen molar-refractivity contribution in [1.29, 1.82) is 0 Å². The van der Waals surface area contributed by atoms with Gasteiger partial charge in [-0.3, -0.25) is 10.1 Å². The first-order chi connectivity index (χ1) is 11.4. The summed E-state index contributed by atoms with van der Waals surface area (Å²) < 4.78 is 5.71. The fourth-order valence-corrected chi connectivity index (χ4v) is 3.63. The number of nitro benzene ring substituents is 1. The highest BCUT2D eigenvalue weighted by molar-refractivity contribution is 8.00. The van der Waals surface area contributed by atoms with Gasteiger partial charge in [0.25, 0.3) is 5.69 Å². The lowest BCUT2D eigenvalue weighted by Crippen LogP contribution is -2.16. The zero-order chi connectivity index (χ0) is 17.9. The summed E-state index contributed by atoms with van der Waals surface area (Å²) in [4.78, 5) is 29.1. The number of carbonyl (C=O) groups is 1. The number of hydrogen-bond acceptors (Lipinski definition) is 8. The molecule has 0 spiro atoms. The van der Waals surface area contributed by atoms with Crippen LogP contribution < -0.4 is 4.90 Å². The third-order valence-corrected chi connectivity index (χ3v) is 5.28. The molecule has 0 unspecified atom stereocenters. The number of thiazole rings is 1. The smallest absolute Gasteiger partial charge is 0.352 e. The van der Waals surface area contributed by atoms with Crippen LogP contribution in [0, 0.1) is 10.1 Å². The van der Waals surface area contributed by atoms with Crippen molar-refractivity contribution in [3.05, 3.63) is 38.2 Å². The number of esters is 1. The van der Waals surface area contributed by atoms with E-state index in [1.807, 2.05) is 6.26 Å². The number of ether oxygens (including phenoxy) is 1. The van der Waals surface area contributed by atoms with Crippen molar-refractivity contribution < 1.29 is 14.5 Å². The molecule has 0 fully saturated rings. The maximum absolute atomic E-state index is 12.2. The van der Waals surface area contributed by atoms with Crippen molar-refractivity contribution in [2.75, 3.05) is 24.8 Å². The van der Waals surface area contributed by atoms with E-state index in [1.54, 1.807) is 20.0 Å². The van der Waals surface area contributed by atoms with Crippen LogP contribution in [-0.4, -0.2) is 35.8 Å². The second kappa shape index (κ2) is 7.82. The molecule has 24 heavy (non-hydrogen) atoms. The molecule has 2 rings (SSSR count). The Hall–Kier alpha value is -1.84. The molecule has 0 N–H and O–H groups in total. The van der Waals surface area contributed by atoms with Crippen LogP contribution in [0.3, 0.4) is 0 Å². The van der Waals surface area contributed by atoms with E-state index in [1.165, 1.54) is 40.1 Å². The highest BCUT2D eigenvalue weighted by Crippen LogP contribution is 2.39. The monoisotopic (exact) mass is 387 g/mol. The largest absolute Gasteiger partial charge is 0.462 e. The van der Waals surface area contributed by atoms with Crippen LogP contribution in [-0.2, 0) is 4.74 Å². The molecule has 0 aliphatic rings. The number of nitro groups is 1. The molecular formula is C14H14ClN3O4S2. The number of nitrogens with zero attached hydrogens (tertiary/aromatic N) is 3. The lowest BCUT2D eigenvalue weighted by Gasteiger charge is -2.18. The number of anilines is 2. The van der Waals surface area contributed by atoms with E-state index in [0.29, 0.717) is 15.0 Å². The Labute approximate surface area is 151 Å². The van der Waals surface area contributed by atoms with Crippen LogP contribution in [0.1, 0.15) is 16.6 Å². The van der Waals surface area contributed by atoms with Gasteiger partial charge >= 0.3 is 5.97 Å². The first-order valence-corrected chi connectivity index (χ1v) is 9.20. The Kier molecular flexibility index (Phi) is 6.03. The summed E-state index contributed by atoms with van der Waals surface area (Å²) in [7, 11) is 1.61. The van der Waals surface area contributed by atoms with Crippen LogP contribution in [0.2, 0.25) is 5.02 Å². The van der Waals surface area contributed by atoms with E-state index < -0.39 is 10.9 Å². The van der Waals surface area contributed by atoms with Gasteiger partial charge in [-0.05, 0) is 25.3 Å². The van der Waals surface area contributed by atoms with Gasteiger partial charge in [-0.15, -0.1) is 0 Å². The minimum atomic E-state index is -0.524. The fraction of sp³-hybridized carbons (Fsp3) is 0.286. The quantitative estimate of drug-likeness (QED) is 0.315. The minimum Gasteiger partial charge on any atom is -0.462 e. The number of aromatic nitrogens is 1. The van der Waals surface area contributed by atoms with Gasteiger partial charge in [-0.1, -0.05) is 34.7 Å². The van der Waals surface area contributed by atoms with Crippen molar-refractivity contribution in [3.63, 3.8) is 0 Å². The molecule has 1 heterocycles. The van der Waals surface area contributed by atoms with Gasteiger partial charge in [0.05, 0.1) is 11.5 Å². The Balaban J connectivity index is 2.54. The third-order valence-electron chi connectivity index (χ3n) is 3.04. The third kappa shape index (κ3) is 3.80. The molecule has 0 saturated carbocycles. The average molecular weight is 388 g/mol. The summed E-state index contributed by atoms with van der Waals surface area (Å²) in [6.45, 7) is 1.94. The molecule has 0 bridgehead atoms. The summed E-state index contributed by atoms with van der Waals surface area (Å²) >= 11 is 8.42. The molecule has 0 atom stereocenters. The van der Waals surface area contributed by atoms with Crippen LogP contribution in [0.5, 0.6) is 0 Å². The molecule has 0 saturated heterocycles. The Morgan fingerprint density at radius 3 is 2.83 bits per heavy atom. The van der Waals surface area contributed by atoms with E-state index in [2.05, 4.69) is 4.98 Å². The van der Waals surface area contributed by atoms with Crippen LogP contribution >= 0.6 is 34.7 Å². The summed E-state index contributed by atoms with van der Waals surface area (Å²) in [6, 6.07) is 4.33. The normalized spacial score (nSPS) is 10.5. The lowest BCUT2D eigenvalue weighted by molar-refractivity contribution is -0.384. The predicted octanol–water partition coefficient (Wildman–Crippen LogP) is 4.37. The van der Waals surface area contributed by atoms with Crippen LogP contribution in [0.15, 0.2) is 22.5 Å². The van der Waals surface area contributed by atoms with E-state index in [-0.39, 0.29) is 23.0 Å². The standard InChI is InChI=1S/C14H14ClN3O4S2/c1-4-22-13(19)11-12(16-14(23-3)24-11)17(2)9-6-5-8(15)7-10(9)18(20)21/h5-7H,4H2,1-3H3. The molecule has 1 aromatic heterocycles. The Bertz CT molecular complexity index is 781. The van der Waals surface area contributed by atoms with Gasteiger partial charge < -0.3 is 9.64 Å². The fourth-order valence-electron chi connectivity index (χ4n) is 1.98. The highest BCUT2D eigenvalue weighted by atomic mass is 35.5. The van der Waals surface area contributed by atoms with Crippen molar-refractivity contribution in [1.82, 2.24) is 4.98 Å². The minimum absolute atomic E-state index is 0.168. The molecular weight excluding hydrogens is 374 g/mol. The SMILES string of the molecule is CCOC(=O)c1sc(SC)nc1N(C)c1ccc(Cl)cc1[N+](=O)[O-]. The first kappa shape index (κ1) is 18.5. The molecule has 0 aliphatic heterocycles. The van der Waals surface area contributed by atoms with E-state index in [4.69, 9.17) is 16.3 Å². The zero-order valence-electron chi connectivity index (χ0n) is 13.1. The zero-order valence-corrected chi connectivity index (χ0v) is 15.5. The number of thioether (sulfide) groups is 1. The van der Waals surface area contributed by atoms with Crippen LogP contribution in [0.25, 0.3) is 0 Å². The first-order valence-electron chi connectivity index (χ1n) is 6.78. The topological polar surface area (TPSA) is 85.6 Å². The molecule has 10 heteroatoms. The molecule has 0 aliphatic carbocycles. The second-order valence-electron chi connectivity index (χ2n) is 4.51. The van der Waals surface area contributed by atoms with E-state index in [9.17, 15) is 14.9 Å². The van der Waals surface area contributed by atoms with E-state index >= 15 is 0 Å². The van der Waals surface area contributed by atoms with Gasteiger partial charge in [0, 0.05) is 18.1 Å². The number of rotatable bonds is 6. The summed E-state index contributed by atoms with van der Waals surface area (Å²) in [6.07, 6.45) is 1.84. The Morgan fingerprint density at radius 1 is 1.54 bits per heavy atom. The van der Waals surface area contributed by atoms with Crippen molar-refractivity contribution in [2.45, 2.75) is 11.3 Å². The van der Waals surface area contributed by atoms with Crippen molar-refractivity contribution >= 4 is 57.9 Å². The summed E-state index contributed by atoms with van der Waals surface area (Å²) in [5, 5.41) is 11.6. The maximum atomic E-state index is 12.2. The average Bonchev–Trinajstić information content (AvgIpc) is 2.98. The molecule has 128 valence electrons. The second-order valence-corrected chi connectivity index (χ2v) is 7.00. The molecule has 0 radical (unpaired) electrons. The maximum Gasteiger partial charge on any atom is 0.352 e. The number of hydrogen-bond donors (Lipinski definition) is 0. The van der Waals surface area contributed by atoms with Gasteiger partial charge in [0.2, 0.25) is 0 Å². The van der Waals surface area contributed by atoms with Gasteiger partial charge in [0.15, 0.2) is 15.0 Å². The molecule has 7 nitrogen and oxygen atoms in total. The van der Waals surface area contributed by atoms with Gasteiger partial charge in [-0.2, -0.15) is 0 Å². The van der Waals surface area contributed by atoms with Crippen molar-refractivity contribution in [3.8, 4) is 0 Å². The highest BCUT2D eigenvalue weighted by Gasteiger charge is 2.26. The number of carbonyl (C=O) groups excluding carboxylic acids is 1. The lowest BCUT2D eigenvalue weighted by atomic mass is 10.2. The summed E-state index contributed by atoms with van der Waals surface area (Å²) in [5.41, 5.74) is 0.117. The number of halogens is 1. The van der Waals surface area contributed by atoms with Gasteiger partial charge in [0.1, 0.15) is 5.69 Å². The van der Waals surface area contributed by atoms with Crippen molar-refractivity contribution in [2.24, 2.45) is 0 Å². The molecule has 1 aromatic carbocycles.